The average Bonchev–Trinajstić information content (AvgIpc) is 2.43. The van der Waals surface area contributed by atoms with Gasteiger partial charge in [-0.05, 0) is 31.1 Å². The summed E-state index contributed by atoms with van der Waals surface area (Å²) >= 11 is 0. The molecule has 1 aromatic carbocycles. The number of ether oxygens (including phenoxy) is 1. The molecule has 0 N–H and O–H groups in total. The van der Waals surface area contributed by atoms with Crippen LogP contribution >= 0.6 is 0 Å². The monoisotopic (exact) mass is 257 g/mol. The number of rotatable bonds is 4. The first-order chi connectivity index (χ1) is 9.16. The Morgan fingerprint density at radius 1 is 1.21 bits per heavy atom. The molecular weight excluding hydrogens is 238 g/mol. The zero-order valence-electron chi connectivity index (χ0n) is 11.4. The summed E-state index contributed by atoms with van der Waals surface area (Å²) in [6.07, 6.45) is 8.25. The first-order valence-corrected chi connectivity index (χ1v) is 6.48. The number of carbonyl (C=O) groups is 1. The molecule has 0 bridgehead atoms. The number of esters is 1. The molecule has 0 radical (unpaired) electrons. The Labute approximate surface area is 114 Å². The number of nitrogens with zero attached hydrogens (tertiary/aromatic N) is 1. The Hall–Kier alpha value is -2.03. The minimum atomic E-state index is -0.691. The molecule has 1 heterocycles. The lowest BCUT2D eigenvalue weighted by Gasteiger charge is -2.29. The van der Waals surface area contributed by atoms with Gasteiger partial charge in [-0.25, -0.2) is 0 Å². The molecule has 3 heteroatoms. The smallest absolute Gasteiger partial charge is 0.320 e. The van der Waals surface area contributed by atoms with E-state index in [0.717, 1.165) is 5.56 Å². The fourth-order valence-corrected chi connectivity index (χ4v) is 2.13. The van der Waals surface area contributed by atoms with Crippen LogP contribution < -0.4 is 0 Å². The van der Waals surface area contributed by atoms with Gasteiger partial charge in [0.05, 0.1) is 6.61 Å². The van der Waals surface area contributed by atoms with E-state index in [2.05, 4.69) is 0 Å². The highest BCUT2D eigenvalue weighted by molar-refractivity contribution is 5.82. The van der Waals surface area contributed by atoms with Crippen molar-refractivity contribution in [1.82, 2.24) is 4.90 Å². The van der Waals surface area contributed by atoms with Gasteiger partial charge >= 0.3 is 5.97 Å². The van der Waals surface area contributed by atoms with Crippen molar-refractivity contribution >= 4 is 5.97 Å². The number of hydrogen-bond donors (Lipinski definition) is 0. The van der Waals surface area contributed by atoms with Gasteiger partial charge in [0.25, 0.3) is 0 Å². The third kappa shape index (κ3) is 3.05. The van der Waals surface area contributed by atoms with E-state index in [-0.39, 0.29) is 5.97 Å². The van der Waals surface area contributed by atoms with Crippen LogP contribution in [0.5, 0.6) is 0 Å². The summed E-state index contributed by atoms with van der Waals surface area (Å²) in [7, 11) is 1.94. The molecule has 0 unspecified atom stereocenters. The van der Waals surface area contributed by atoms with E-state index in [0.29, 0.717) is 13.0 Å². The van der Waals surface area contributed by atoms with Crippen LogP contribution in [0.2, 0.25) is 0 Å². The molecule has 3 nitrogen and oxygen atoms in total. The Kier molecular flexibility index (Phi) is 4.05. The van der Waals surface area contributed by atoms with Gasteiger partial charge in [0, 0.05) is 19.4 Å². The maximum absolute atomic E-state index is 12.3. The predicted octanol–water partition coefficient (Wildman–Crippen LogP) is 2.75. The SMILES string of the molecule is CCOC(=O)C1(Cc2ccccc2)C=CN(C)C=C1. The third-order valence-electron chi connectivity index (χ3n) is 3.21. The number of carbonyl (C=O) groups excluding carboxylic acids is 1. The Morgan fingerprint density at radius 2 is 1.84 bits per heavy atom. The summed E-state index contributed by atoms with van der Waals surface area (Å²) in [5.41, 5.74) is 0.429. The number of benzene rings is 1. The predicted molar refractivity (Wildman–Crippen MR) is 75.3 cm³/mol. The van der Waals surface area contributed by atoms with Crippen LogP contribution in [0.4, 0.5) is 0 Å². The van der Waals surface area contributed by atoms with Gasteiger partial charge in [0.2, 0.25) is 0 Å². The Balaban J connectivity index is 2.28. The molecule has 0 amide bonds. The minimum Gasteiger partial charge on any atom is -0.465 e. The lowest BCUT2D eigenvalue weighted by molar-refractivity contribution is -0.150. The zero-order chi connectivity index (χ0) is 13.7. The molecule has 2 rings (SSSR count). The van der Waals surface area contributed by atoms with E-state index in [1.165, 1.54) is 0 Å². The standard InChI is InChI=1S/C16H19NO2/c1-3-19-15(18)16(9-11-17(2)12-10-16)13-14-7-5-4-6-8-14/h4-12H,3,13H2,1-2H3. The summed E-state index contributed by atoms with van der Waals surface area (Å²) in [6.45, 7) is 2.23. The van der Waals surface area contributed by atoms with Crippen molar-refractivity contribution in [3.8, 4) is 0 Å². The topological polar surface area (TPSA) is 29.5 Å². The first-order valence-electron chi connectivity index (χ1n) is 6.48. The molecule has 0 aromatic heterocycles. The van der Waals surface area contributed by atoms with Crippen LogP contribution in [-0.2, 0) is 16.0 Å². The molecule has 0 spiro atoms. The summed E-state index contributed by atoms with van der Waals surface area (Å²) in [5.74, 6) is -0.195. The first kappa shape index (κ1) is 13.4. The lowest BCUT2D eigenvalue weighted by atomic mass is 9.80. The van der Waals surface area contributed by atoms with E-state index in [9.17, 15) is 4.79 Å². The van der Waals surface area contributed by atoms with E-state index < -0.39 is 5.41 Å². The van der Waals surface area contributed by atoms with Crippen LogP contribution in [-0.4, -0.2) is 24.5 Å². The highest BCUT2D eigenvalue weighted by Gasteiger charge is 2.36. The molecule has 19 heavy (non-hydrogen) atoms. The van der Waals surface area contributed by atoms with Crippen LogP contribution in [0.3, 0.4) is 0 Å². The van der Waals surface area contributed by atoms with Crippen molar-refractivity contribution in [1.29, 1.82) is 0 Å². The molecular formula is C16H19NO2. The average molecular weight is 257 g/mol. The largest absolute Gasteiger partial charge is 0.465 e. The van der Waals surface area contributed by atoms with Gasteiger partial charge in [-0.2, -0.15) is 0 Å². The van der Waals surface area contributed by atoms with Crippen LogP contribution in [0.1, 0.15) is 12.5 Å². The fraction of sp³-hybridized carbons (Fsp3) is 0.312. The Morgan fingerprint density at radius 3 is 2.42 bits per heavy atom. The molecule has 1 aliphatic rings. The normalized spacial score (nSPS) is 16.4. The minimum absolute atomic E-state index is 0.195. The molecule has 0 fully saturated rings. The lowest BCUT2D eigenvalue weighted by Crippen LogP contribution is -2.34. The van der Waals surface area contributed by atoms with E-state index in [1.54, 1.807) is 0 Å². The van der Waals surface area contributed by atoms with Crippen LogP contribution in [0.15, 0.2) is 54.9 Å². The van der Waals surface area contributed by atoms with E-state index in [1.807, 2.05) is 73.8 Å². The van der Waals surface area contributed by atoms with Gasteiger partial charge in [-0.3, -0.25) is 4.79 Å². The van der Waals surface area contributed by atoms with Gasteiger partial charge in [0.15, 0.2) is 0 Å². The maximum Gasteiger partial charge on any atom is 0.320 e. The van der Waals surface area contributed by atoms with Crippen molar-refractivity contribution in [2.24, 2.45) is 5.41 Å². The third-order valence-corrected chi connectivity index (χ3v) is 3.21. The van der Waals surface area contributed by atoms with Crippen LogP contribution in [0, 0.1) is 5.41 Å². The molecule has 0 aliphatic carbocycles. The molecule has 100 valence electrons. The summed E-state index contributed by atoms with van der Waals surface area (Å²) < 4.78 is 5.23. The zero-order valence-corrected chi connectivity index (χ0v) is 11.4. The number of hydrogen-bond acceptors (Lipinski definition) is 3. The second-order valence-corrected chi connectivity index (χ2v) is 4.72. The summed E-state index contributed by atoms with van der Waals surface area (Å²) in [5, 5.41) is 0. The molecule has 1 aliphatic heterocycles. The molecule has 0 atom stereocenters. The summed E-state index contributed by atoms with van der Waals surface area (Å²) in [4.78, 5) is 14.2. The van der Waals surface area contributed by atoms with Gasteiger partial charge < -0.3 is 9.64 Å². The van der Waals surface area contributed by atoms with E-state index >= 15 is 0 Å². The fourth-order valence-electron chi connectivity index (χ4n) is 2.13. The Bertz CT molecular complexity index is 477. The molecule has 0 saturated carbocycles. The van der Waals surface area contributed by atoms with Gasteiger partial charge in [-0.15, -0.1) is 0 Å². The van der Waals surface area contributed by atoms with Crippen molar-refractivity contribution in [3.63, 3.8) is 0 Å². The maximum atomic E-state index is 12.3. The van der Waals surface area contributed by atoms with Crippen molar-refractivity contribution < 1.29 is 9.53 Å². The van der Waals surface area contributed by atoms with Gasteiger partial charge in [0.1, 0.15) is 5.41 Å². The quantitative estimate of drug-likeness (QED) is 0.777. The second kappa shape index (κ2) is 5.74. The van der Waals surface area contributed by atoms with Crippen molar-refractivity contribution in [3.05, 3.63) is 60.4 Å². The van der Waals surface area contributed by atoms with E-state index in [4.69, 9.17) is 4.74 Å². The highest BCUT2D eigenvalue weighted by atomic mass is 16.5. The molecule has 1 aromatic rings. The van der Waals surface area contributed by atoms with Crippen LogP contribution in [0.25, 0.3) is 0 Å². The summed E-state index contributed by atoms with van der Waals surface area (Å²) in [6, 6.07) is 10.00. The highest BCUT2D eigenvalue weighted by Crippen LogP contribution is 2.31. The molecule has 0 saturated heterocycles. The van der Waals surface area contributed by atoms with Crippen molar-refractivity contribution in [2.45, 2.75) is 13.3 Å². The second-order valence-electron chi connectivity index (χ2n) is 4.72. The van der Waals surface area contributed by atoms with Gasteiger partial charge in [-0.1, -0.05) is 30.3 Å². The van der Waals surface area contributed by atoms with Crippen molar-refractivity contribution in [2.75, 3.05) is 13.7 Å².